The van der Waals surface area contributed by atoms with Crippen LogP contribution in [-0.4, -0.2) is 11.2 Å². The summed E-state index contributed by atoms with van der Waals surface area (Å²) in [6.45, 7) is 2.15. The minimum absolute atomic E-state index is 0.308. The summed E-state index contributed by atoms with van der Waals surface area (Å²) in [4.78, 5) is 0. The fourth-order valence-corrected chi connectivity index (χ4v) is 2.53. The maximum absolute atomic E-state index is 9.94. The summed E-state index contributed by atoms with van der Waals surface area (Å²) in [5, 5.41) is 11.2. The molecule has 1 aliphatic rings. The van der Waals surface area contributed by atoms with Gasteiger partial charge in [0.15, 0.2) is 0 Å². The second-order valence-corrected chi connectivity index (χ2v) is 5.16. The molecule has 3 unspecified atom stereocenters. The summed E-state index contributed by atoms with van der Waals surface area (Å²) < 4.78 is 0. The van der Waals surface area contributed by atoms with Crippen LogP contribution in [-0.2, 0) is 6.42 Å². The van der Waals surface area contributed by atoms with E-state index < -0.39 is 0 Å². The van der Waals surface area contributed by atoms with E-state index in [4.69, 9.17) is 23.2 Å². The molecule has 1 aromatic carbocycles. The Labute approximate surface area is 100 Å². The van der Waals surface area contributed by atoms with Gasteiger partial charge < -0.3 is 5.11 Å². The molecular weight excluding hydrogens is 231 g/mol. The minimum Gasteiger partial charge on any atom is -0.392 e. The smallest absolute Gasteiger partial charge is 0.0612 e. The molecule has 0 radical (unpaired) electrons. The Morgan fingerprint density at radius 1 is 1.40 bits per heavy atom. The lowest BCUT2D eigenvalue weighted by Crippen LogP contribution is -2.14. The molecule has 1 fully saturated rings. The maximum Gasteiger partial charge on any atom is 0.0612 e. The Bertz CT molecular complexity index is 344. The highest BCUT2D eigenvalue weighted by Gasteiger charge is 2.38. The third-order valence-corrected chi connectivity index (χ3v) is 3.85. The summed E-state index contributed by atoms with van der Waals surface area (Å²) in [7, 11) is 0. The SMILES string of the molecule is CC1CC1C(O)Cc1c(Cl)cccc1Cl. The third kappa shape index (κ3) is 2.47. The Kier molecular flexibility index (Phi) is 3.24. The maximum atomic E-state index is 9.94. The molecule has 3 heteroatoms. The van der Waals surface area contributed by atoms with Crippen LogP contribution in [0, 0.1) is 11.8 Å². The Hall–Kier alpha value is -0.240. The molecule has 0 bridgehead atoms. The molecule has 1 N–H and O–H groups in total. The molecule has 1 nitrogen and oxygen atoms in total. The Morgan fingerprint density at radius 3 is 2.40 bits per heavy atom. The van der Waals surface area contributed by atoms with Crippen molar-refractivity contribution in [2.45, 2.75) is 25.9 Å². The van der Waals surface area contributed by atoms with Crippen molar-refractivity contribution in [1.82, 2.24) is 0 Å². The molecule has 2 rings (SSSR count). The highest BCUT2D eigenvalue weighted by Crippen LogP contribution is 2.42. The molecule has 0 aromatic heterocycles. The third-order valence-electron chi connectivity index (χ3n) is 3.14. The second kappa shape index (κ2) is 4.32. The number of benzene rings is 1. The van der Waals surface area contributed by atoms with E-state index >= 15 is 0 Å². The van der Waals surface area contributed by atoms with Crippen molar-refractivity contribution in [1.29, 1.82) is 0 Å². The van der Waals surface area contributed by atoms with Gasteiger partial charge in [-0.15, -0.1) is 0 Å². The van der Waals surface area contributed by atoms with Gasteiger partial charge in [0.05, 0.1) is 6.10 Å². The Morgan fingerprint density at radius 2 is 1.93 bits per heavy atom. The van der Waals surface area contributed by atoms with Crippen LogP contribution in [0.1, 0.15) is 18.9 Å². The van der Waals surface area contributed by atoms with Gasteiger partial charge in [-0.05, 0) is 36.0 Å². The summed E-state index contributed by atoms with van der Waals surface area (Å²) in [5.74, 6) is 1.07. The van der Waals surface area contributed by atoms with Gasteiger partial charge in [0, 0.05) is 16.5 Å². The summed E-state index contributed by atoms with van der Waals surface area (Å²) in [6, 6.07) is 5.44. The first-order chi connectivity index (χ1) is 7.09. The predicted octanol–water partition coefficient (Wildman–Crippen LogP) is 3.55. The fraction of sp³-hybridized carbons (Fsp3) is 0.500. The highest BCUT2D eigenvalue weighted by molar-refractivity contribution is 6.35. The number of aliphatic hydroxyl groups is 1. The van der Waals surface area contributed by atoms with Crippen LogP contribution in [0.5, 0.6) is 0 Å². The first-order valence-corrected chi connectivity index (χ1v) is 5.96. The lowest BCUT2D eigenvalue weighted by atomic mass is 10.0. The van der Waals surface area contributed by atoms with E-state index in [1.165, 1.54) is 0 Å². The van der Waals surface area contributed by atoms with E-state index in [2.05, 4.69) is 6.92 Å². The van der Waals surface area contributed by atoms with E-state index in [0.29, 0.717) is 28.3 Å². The zero-order valence-electron chi connectivity index (χ0n) is 8.58. The molecule has 1 saturated carbocycles. The van der Waals surface area contributed by atoms with E-state index in [1.807, 2.05) is 18.2 Å². The first kappa shape index (κ1) is 11.3. The van der Waals surface area contributed by atoms with E-state index in [1.54, 1.807) is 0 Å². The number of rotatable bonds is 3. The van der Waals surface area contributed by atoms with Crippen molar-refractivity contribution in [3.63, 3.8) is 0 Å². The molecule has 0 amide bonds. The molecule has 0 heterocycles. The summed E-state index contributed by atoms with van der Waals surface area (Å²) >= 11 is 12.1. The van der Waals surface area contributed by atoms with Crippen molar-refractivity contribution in [2.75, 3.05) is 0 Å². The van der Waals surface area contributed by atoms with Crippen LogP contribution >= 0.6 is 23.2 Å². The van der Waals surface area contributed by atoms with Crippen molar-refractivity contribution in [2.24, 2.45) is 11.8 Å². The molecule has 1 aliphatic carbocycles. The molecule has 3 atom stereocenters. The van der Waals surface area contributed by atoms with Crippen LogP contribution in [0.4, 0.5) is 0 Å². The Balaban J connectivity index is 2.10. The second-order valence-electron chi connectivity index (χ2n) is 4.35. The quantitative estimate of drug-likeness (QED) is 0.863. The topological polar surface area (TPSA) is 20.2 Å². The molecule has 15 heavy (non-hydrogen) atoms. The van der Waals surface area contributed by atoms with Crippen molar-refractivity contribution in [3.05, 3.63) is 33.8 Å². The monoisotopic (exact) mass is 244 g/mol. The predicted molar refractivity (Wildman–Crippen MR) is 63.4 cm³/mol. The summed E-state index contributed by atoms with van der Waals surface area (Å²) in [5.41, 5.74) is 0.868. The molecule has 0 saturated heterocycles. The van der Waals surface area contributed by atoms with Crippen molar-refractivity contribution < 1.29 is 5.11 Å². The van der Waals surface area contributed by atoms with Crippen LogP contribution in [0.15, 0.2) is 18.2 Å². The van der Waals surface area contributed by atoms with Gasteiger partial charge in [0.2, 0.25) is 0 Å². The van der Waals surface area contributed by atoms with Gasteiger partial charge in [-0.3, -0.25) is 0 Å². The first-order valence-electron chi connectivity index (χ1n) is 5.20. The van der Waals surface area contributed by atoms with Gasteiger partial charge in [-0.1, -0.05) is 36.2 Å². The zero-order valence-corrected chi connectivity index (χ0v) is 10.1. The van der Waals surface area contributed by atoms with Crippen LogP contribution in [0.3, 0.4) is 0 Å². The number of hydrogen-bond acceptors (Lipinski definition) is 1. The lowest BCUT2D eigenvalue weighted by Gasteiger charge is -2.12. The van der Waals surface area contributed by atoms with Crippen LogP contribution in [0.2, 0.25) is 10.0 Å². The van der Waals surface area contributed by atoms with Gasteiger partial charge in [0.25, 0.3) is 0 Å². The van der Waals surface area contributed by atoms with E-state index in [9.17, 15) is 5.11 Å². The van der Waals surface area contributed by atoms with Gasteiger partial charge in [-0.2, -0.15) is 0 Å². The van der Waals surface area contributed by atoms with Crippen LogP contribution in [0.25, 0.3) is 0 Å². The van der Waals surface area contributed by atoms with E-state index in [-0.39, 0.29) is 6.10 Å². The van der Waals surface area contributed by atoms with Crippen molar-refractivity contribution >= 4 is 23.2 Å². The zero-order chi connectivity index (χ0) is 11.0. The molecule has 0 aliphatic heterocycles. The number of aliphatic hydroxyl groups excluding tert-OH is 1. The molecular formula is C12H14Cl2O. The fourth-order valence-electron chi connectivity index (χ4n) is 1.97. The number of halogens is 2. The van der Waals surface area contributed by atoms with Gasteiger partial charge in [0.1, 0.15) is 0 Å². The normalized spacial score (nSPS) is 26.4. The van der Waals surface area contributed by atoms with Gasteiger partial charge in [-0.25, -0.2) is 0 Å². The number of hydrogen-bond donors (Lipinski definition) is 1. The summed E-state index contributed by atoms with van der Waals surface area (Å²) in [6.07, 6.45) is 1.37. The van der Waals surface area contributed by atoms with Crippen molar-refractivity contribution in [3.8, 4) is 0 Å². The van der Waals surface area contributed by atoms with E-state index in [0.717, 1.165) is 12.0 Å². The average Bonchev–Trinajstić information content (AvgIpc) is 2.89. The minimum atomic E-state index is -0.308. The lowest BCUT2D eigenvalue weighted by molar-refractivity contribution is 0.146. The molecule has 1 aromatic rings. The molecule has 82 valence electrons. The standard InChI is InChI=1S/C12H14Cl2O/c1-7-5-8(7)12(15)6-9-10(13)3-2-4-11(9)14/h2-4,7-8,12,15H,5-6H2,1H3. The average molecular weight is 245 g/mol. The largest absolute Gasteiger partial charge is 0.392 e. The highest BCUT2D eigenvalue weighted by atomic mass is 35.5. The molecule has 0 spiro atoms. The van der Waals surface area contributed by atoms with Crippen LogP contribution < -0.4 is 0 Å². The van der Waals surface area contributed by atoms with Gasteiger partial charge >= 0.3 is 0 Å².